The summed E-state index contributed by atoms with van der Waals surface area (Å²) in [4.78, 5) is -0.365. The highest BCUT2D eigenvalue weighted by atomic mass is 32.2. The average Bonchev–Trinajstić information content (AvgIpc) is 2.40. The van der Waals surface area contributed by atoms with E-state index in [1.54, 1.807) is 24.3 Å². The lowest BCUT2D eigenvalue weighted by Gasteiger charge is -2.17. The Kier molecular flexibility index (Phi) is 3.66. The van der Waals surface area contributed by atoms with Gasteiger partial charge < -0.3 is 0 Å². The summed E-state index contributed by atoms with van der Waals surface area (Å²) in [6.07, 6.45) is -0.828. The fraction of sp³-hybridized carbons (Fsp3) is 0.143. The molecule has 0 saturated heterocycles. The Hall–Kier alpha value is -1.75. The SMILES string of the molecule is O=S(=O)(c1ccccc1)C(F)(F)Cc1ccccc1. The van der Waals surface area contributed by atoms with Gasteiger partial charge in [0.15, 0.2) is 0 Å². The van der Waals surface area contributed by atoms with Crippen molar-refractivity contribution in [2.45, 2.75) is 16.6 Å². The van der Waals surface area contributed by atoms with Crippen LogP contribution in [0.1, 0.15) is 5.56 Å². The second-order valence-corrected chi connectivity index (χ2v) is 6.19. The van der Waals surface area contributed by atoms with Gasteiger partial charge in [0, 0.05) is 0 Å². The van der Waals surface area contributed by atoms with E-state index in [-0.39, 0.29) is 10.5 Å². The van der Waals surface area contributed by atoms with Gasteiger partial charge in [-0.2, -0.15) is 8.78 Å². The molecule has 2 aromatic carbocycles. The summed E-state index contributed by atoms with van der Waals surface area (Å²) in [5.74, 6) is 0. The normalized spacial score (nSPS) is 12.3. The number of alkyl halides is 2. The second kappa shape index (κ2) is 5.09. The maximum absolute atomic E-state index is 14.0. The van der Waals surface area contributed by atoms with Crippen molar-refractivity contribution in [1.29, 1.82) is 0 Å². The zero-order valence-corrected chi connectivity index (χ0v) is 10.8. The fourth-order valence-electron chi connectivity index (χ4n) is 1.70. The number of hydrogen-bond acceptors (Lipinski definition) is 2. The molecule has 100 valence electrons. The summed E-state index contributed by atoms with van der Waals surface area (Å²) in [5, 5.41) is -3.82. The van der Waals surface area contributed by atoms with Crippen molar-refractivity contribution in [3.05, 3.63) is 66.2 Å². The maximum Gasteiger partial charge on any atom is 0.353 e. The van der Waals surface area contributed by atoms with Gasteiger partial charge in [0.05, 0.1) is 11.3 Å². The molecule has 2 aromatic rings. The number of rotatable bonds is 4. The summed E-state index contributed by atoms with van der Waals surface area (Å²) in [5.41, 5.74) is 0.284. The molecule has 0 fully saturated rings. The minimum Gasteiger partial charge on any atom is -0.217 e. The summed E-state index contributed by atoms with van der Waals surface area (Å²) in [6.45, 7) is 0. The van der Waals surface area contributed by atoms with Gasteiger partial charge in [-0.3, -0.25) is 0 Å². The Bertz CT molecular complexity index is 638. The van der Waals surface area contributed by atoms with E-state index in [9.17, 15) is 17.2 Å². The molecule has 5 heteroatoms. The zero-order chi connectivity index (χ0) is 13.9. The molecule has 0 aliphatic rings. The number of halogens is 2. The van der Waals surface area contributed by atoms with Crippen molar-refractivity contribution < 1.29 is 17.2 Å². The van der Waals surface area contributed by atoms with Crippen molar-refractivity contribution in [3.63, 3.8) is 0 Å². The largest absolute Gasteiger partial charge is 0.353 e. The third-order valence-corrected chi connectivity index (χ3v) is 4.52. The predicted octanol–water partition coefficient (Wildman–Crippen LogP) is 3.30. The van der Waals surface area contributed by atoms with Crippen LogP contribution in [0.5, 0.6) is 0 Å². The van der Waals surface area contributed by atoms with Crippen LogP contribution in [-0.4, -0.2) is 13.7 Å². The van der Waals surface area contributed by atoms with Gasteiger partial charge in [0.1, 0.15) is 0 Å². The molecule has 0 atom stereocenters. The van der Waals surface area contributed by atoms with E-state index in [1.165, 1.54) is 36.4 Å². The monoisotopic (exact) mass is 282 g/mol. The quantitative estimate of drug-likeness (QED) is 0.862. The molecular formula is C14H12F2O2S. The molecule has 0 N–H and O–H groups in total. The highest BCUT2D eigenvalue weighted by Crippen LogP contribution is 2.32. The van der Waals surface area contributed by atoms with Gasteiger partial charge in [-0.1, -0.05) is 48.5 Å². The molecule has 0 aromatic heterocycles. The highest BCUT2D eigenvalue weighted by molar-refractivity contribution is 7.92. The van der Waals surface area contributed by atoms with Crippen LogP contribution in [0.2, 0.25) is 0 Å². The molecule has 0 bridgehead atoms. The molecule has 0 amide bonds. The van der Waals surface area contributed by atoms with Gasteiger partial charge in [-0.15, -0.1) is 0 Å². The van der Waals surface area contributed by atoms with Crippen LogP contribution in [0.4, 0.5) is 8.78 Å². The van der Waals surface area contributed by atoms with Crippen molar-refractivity contribution in [3.8, 4) is 0 Å². The van der Waals surface area contributed by atoms with Gasteiger partial charge >= 0.3 is 5.25 Å². The van der Waals surface area contributed by atoms with Crippen molar-refractivity contribution in [1.82, 2.24) is 0 Å². The zero-order valence-electron chi connectivity index (χ0n) is 9.96. The maximum atomic E-state index is 14.0. The van der Waals surface area contributed by atoms with Gasteiger partial charge in [-0.05, 0) is 17.7 Å². The van der Waals surface area contributed by atoms with Crippen LogP contribution in [0.15, 0.2) is 65.6 Å². The fourth-order valence-corrected chi connectivity index (χ4v) is 2.92. The lowest BCUT2D eigenvalue weighted by Crippen LogP contribution is -2.31. The van der Waals surface area contributed by atoms with E-state index in [0.717, 1.165) is 0 Å². The van der Waals surface area contributed by atoms with Crippen LogP contribution in [0.3, 0.4) is 0 Å². The third-order valence-electron chi connectivity index (χ3n) is 2.70. The summed E-state index contributed by atoms with van der Waals surface area (Å²) < 4.78 is 51.8. The minimum absolute atomic E-state index is 0.284. The van der Waals surface area contributed by atoms with Gasteiger partial charge in [-0.25, -0.2) is 8.42 Å². The van der Waals surface area contributed by atoms with Crippen LogP contribution >= 0.6 is 0 Å². The third kappa shape index (κ3) is 2.81. The molecular weight excluding hydrogens is 270 g/mol. The van der Waals surface area contributed by atoms with Crippen molar-refractivity contribution in [2.75, 3.05) is 0 Å². The molecule has 0 spiro atoms. The van der Waals surface area contributed by atoms with E-state index < -0.39 is 21.5 Å². The molecule has 2 nitrogen and oxygen atoms in total. The van der Waals surface area contributed by atoms with E-state index in [0.29, 0.717) is 0 Å². The summed E-state index contributed by atoms with van der Waals surface area (Å²) in [6, 6.07) is 14.6. The van der Waals surface area contributed by atoms with Gasteiger partial charge in [0.2, 0.25) is 9.84 Å². The standard InChI is InChI=1S/C14H12F2O2S/c15-14(16,11-12-7-3-1-4-8-12)19(17,18)13-9-5-2-6-10-13/h1-10H,11H2. The molecule has 0 radical (unpaired) electrons. The van der Waals surface area contributed by atoms with Crippen LogP contribution in [0, 0.1) is 0 Å². The lowest BCUT2D eigenvalue weighted by molar-refractivity contribution is 0.0925. The van der Waals surface area contributed by atoms with E-state index in [2.05, 4.69) is 0 Å². The summed E-state index contributed by atoms with van der Waals surface area (Å²) in [7, 11) is -4.67. The van der Waals surface area contributed by atoms with Crippen molar-refractivity contribution >= 4 is 9.84 Å². The number of sulfone groups is 1. The first-order valence-corrected chi connectivity index (χ1v) is 7.13. The van der Waals surface area contributed by atoms with Crippen LogP contribution in [-0.2, 0) is 16.3 Å². The minimum atomic E-state index is -4.67. The van der Waals surface area contributed by atoms with E-state index >= 15 is 0 Å². The average molecular weight is 282 g/mol. The lowest BCUT2D eigenvalue weighted by atomic mass is 10.2. The molecule has 0 heterocycles. The first-order chi connectivity index (χ1) is 8.93. The molecule has 0 aliphatic carbocycles. The first kappa shape index (κ1) is 13.7. The van der Waals surface area contributed by atoms with Gasteiger partial charge in [0.25, 0.3) is 0 Å². The van der Waals surface area contributed by atoms with Crippen molar-refractivity contribution in [2.24, 2.45) is 0 Å². The summed E-state index contributed by atoms with van der Waals surface area (Å²) >= 11 is 0. The molecule has 0 aliphatic heterocycles. The Balaban J connectivity index is 2.34. The molecule has 0 unspecified atom stereocenters. The topological polar surface area (TPSA) is 34.1 Å². The van der Waals surface area contributed by atoms with Crippen LogP contribution < -0.4 is 0 Å². The predicted molar refractivity (Wildman–Crippen MR) is 68.7 cm³/mol. The first-order valence-electron chi connectivity index (χ1n) is 5.65. The van der Waals surface area contributed by atoms with Crippen LogP contribution in [0.25, 0.3) is 0 Å². The molecule has 2 rings (SSSR count). The van der Waals surface area contributed by atoms with E-state index in [1.807, 2.05) is 0 Å². The Morgan fingerprint density at radius 1 is 0.842 bits per heavy atom. The van der Waals surface area contributed by atoms with E-state index in [4.69, 9.17) is 0 Å². The highest BCUT2D eigenvalue weighted by Gasteiger charge is 2.45. The number of benzene rings is 2. The Labute approximate surface area is 110 Å². The molecule has 0 saturated carbocycles. The Morgan fingerprint density at radius 3 is 1.84 bits per heavy atom. The second-order valence-electron chi connectivity index (χ2n) is 4.12. The number of hydrogen-bond donors (Lipinski definition) is 0. The Morgan fingerprint density at radius 2 is 1.32 bits per heavy atom. The smallest absolute Gasteiger partial charge is 0.217 e. The molecule has 19 heavy (non-hydrogen) atoms.